The smallest absolute Gasteiger partial charge is 0.274 e. The van der Waals surface area contributed by atoms with Gasteiger partial charge in [0.1, 0.15) is 5.69 Å². The molecule has 0 saturated carbocycles. The van der Waals surface area contributed by atoms with Crippen LogP contribution in [-0.2, 0) is 4.79 Å². The highest BCUT2D eigenvalue weighted by Crippen LogP contribution is 2.29. The number of rotatable bonds is 3. The molecule has 1 N–H and O–H groups in total. The number of hydrogen-bond donors (Lipinski definition) is 1. The van der Waals surface area contributed by atoms with Crippen LogP contribution in [0.15, 0.2) is 42.0 Å². The second-order valence-corrected chi connectivity index (χ2v) is 7.63. The first-order valence-corrected chi connectivity index (χ1v) is 9.44. The van der Waals surface area contributed by atoms with Crippen LogP contribution in [0.5, 0.6) is 0 Å². The van der Waals surface area contributed by atoms with Crippen molar-refractivity contribution in [2.24, 2.45) is 0 Å². The molecule has 4 rings (SSSR count). The molecule has 26 heavy (non-hydrogen) atoms. The number of thiazole rings is 1. The number of benzene rings is 1. The van der Waals surface area contributed by atoms with Gasteiger partial charge in [0.05, 0.1) is 6.04 Å². The van der Waals surface area contributed by atoms with Gasteiger partial charge in [0.2, 0.25) is 5.91 Å². The third-order valence-electron chi connectivity index (χ3n) is 4.81. The quantitative estimate of drug-likeness (QED) is 0.772. The number of carbonyl (C=O) groups is 2. The molecule has 2 atom stereocenters. The van der Waals surface area contributed by atoms with Crippen molar-refractivity contribution < 1.29 is 9.59 Å². The first-order chi connectivity index (χ1) is 12.5. The van der Waals surface area contributed by atoms with E-state index in [4.69, 9.17) is 0 Å². The molecular formula is C19H20N4O2S. The Morgan fingerprint density at radius 3 is 2.69 bits per heavy atom. The van der Waals surface area contributed by atoms with Crippen molar-refractivity contribution in [1.82, 2.24) is 19.6 Å². The minimum absolute atomic E-state index is 0.0761. The van der Waals surface area contributed by atoms with E-state index in [1.54, 1.807) is 11.1 Å². The van der Waals surface area contributed by atoms with E-state index in [1.807, 2.05) is 22.9 Å². The molecule has 0 unspecified atom stereocenters. The third-order valence-corrected chi connectivity index (χ3v) is 5.58. The van der Waals surface area contributed by atoms with Crippen LogP contribution >= 0.6 is 11.3 Å². The van der Waals surface area contributed by atoms with Crippen LogP contribution in [-0.4, -0.2) is 45.2 Å². The fraction of sp³-hybridized carbons (Fsp3) is 0.316. The van der Waals surface area contributed by atoms with Crippen LogP contribution in [0, 0.1) is 6.92 Å². The summed E-state index contributed by atoms with van der Waals surface area (Å²) >= 11 is 1.50. The molecule has 134 valence electrons. The average Bonchev–Trinajstić information content (AvgIpc) is 3.28. The summed E-state index contributed by atoms with van der Waals surface area (Å²) in [6, 6.07) is 8.19. The third kappa shape index (κ3) is 3.10. The van der Waals surface area contributed by atoms with Gasteiger partial charge in [-0.25, -0.2) is 4.98 Å². The van der Waals surface area contributed by atoms with Gasteiger partial charge in [0.15, 0.2) is 4.96 Å². The summed E-state index contributed by atoms with van der Waals surface area (Å²) in [5.74, 6) is -0.0954. The molecule has 3 aromatic rings. The summed E-state index contributed by atoms with van der Waals surface area (Å²) in [5.41, 5.74) is 2.77. The second-order valence-electron chi connectivity index (χ2n) is 6.75. The molecule has 0 aliphatic carbocycles. The molecule has 2 amide bonds. The van der Waals surface area contributed by atoms with Gasteiger partial charge >= 0.3 is 0 Å². The van der Waals surface area contributed by atoms with Crippen LogP contribution in [0.25, 0.3) is 4.96 Å². The molecule has 1 aromatic carbocycles. The van der Waals surface area contributed by atoms with Gasteiger partial charge in [-0.3, -0.25) is 14.0 Å². The van der Waals surface area contributed by atoms with Gasteiger partial charge in [0, 0.05) is 43.7 Å². The highest BCUT2D eigenvalue weighted by Gasteiger charge is 2.37. The highest BCUT2D eigenvalue weighted by molar-refractivity contribution is 7.15. The lowest BCUT2D eigenvalue weighted by molar-refractivity contribution is -0.119. The van der Waals surface area contributed by atoms with E-state index >= 15 is 0 Å². The van der Waals surface area contributed by atoms with Crippen LogP contribution in [0.2, 0.25) is 0 Å². The van der Waals surface area contributed by atoms with Gasteiger partial charge in [0.25, 0.3) is 5.91 Å². The number of fused-ring (bicyclic) bond motifs is 1. The number of hydrogen-bond acceptors (Lipinski definition) is 4. The maximum atomic E-state index is 12.9. The molecule has 6 nitrogen and oxygen atoms in total. The van der Waals surface area contributed by atoms with Crippen molar-refractivity contribution in [3.63, 3.8) is 0 Å². The van der Waals surface area contributed by atoms with Crippen molar-refractivity contribution in [2.45, 2.75) is 25.8 Å². The van der Waals surface area contributed by atoms with Gasteiger partial charge in [-0.1, -0.05) is 29.8 Å². The fourth-order valence-corrected chi connectivity index (χ4v) is 4.22. The van der Waals surface area contributed by atoms with E-state index in [2.05, 4.69) is 34.6 Å². The molecule has 7 heteroatoms. The summed E-state index contributed by atoms with van der Waals surface area (Å²) in [6.45, 7) is 4.62. The fourth-order valence-electron chi connectivity index (χ4n) is 3.52. The Balaban J connectivity index is 1.59. The maximum Gasteiger partial charge on any atom is 0.274 e. The zero-order valence-electron chi connectivity index (χ0n) is 14.7. The minimum atomic E-state index is -0.0945. The van der Waals surface area contributed by atoms with Gasteiger partial charge < -0.3 is 10.2 Å². The second kappa shape index (κ2) is 6.57. The zero-order chi connectivity index (χ0) is 18.3. The molecule has 0 bridgehead atoms. The lowest BCUT2D eigenvalue weighted by atomic mass is 9.93. The van der Waals surface area contributed by atoms with Crippen LogP contribution in [0.3, 0.4) is 0 Å². The number of aromatic nitrogens is 2. The van der Waals surface area contributed by atoms with E-state index in [0.717, 1.165) is 10.5 Å². The summed E-state index contributed by atoms with van der Waals surface area (Å²) in [5, 5.41) is 4.94. The van der Waals surface area contributed by atoms with Crippen LogP contribution < -0.4 is 5.32 Å². The number of imidazole rings is 1. The maximum absolute atomic E-state index is 12.9. The average molecular weight is 368 g/mol. The highest BCUT2D eigenvalue weighted by atomic mass is 32.1. The monoisotopic (exact) mass is 368 g/mol. The molecule has 2 aromatic heterocycles. The molecule has 0 radical (unpaired) electrons. The number of nitrogens with zero attached hydrogens (tertiary/aromatic N) is 3. The van der Waals surface area contributed by atoms with Crippen molar-refractivity contribution in [1.29, 1.82) is 0 Å². The Morgan fingerprint density at radius 1 is 1.23 bits per heavy atom. The van der Waals surface area contributed by atoms with E-state index < -0.39 is 0 Å². The number of amides is 2. The Morgan fingerprint density at radius 2 is 2.00 bits per heavy atom. The lowest BCUT2D eigenvalue weighted by Gasteiger charge is -2.19. The Bertz CT molecular complexity index is 931. The SMILES string of the molecule is CC(=O)N[C@@H]1CN(C(=O)c2cn3ccsc3n2)C[C@H]1c1ccc(C)cc1. The van der Waals surface area contributed by atoms with Crippen LogP contribution in [0.1, 0.15) is 34.5 Å². The number of aryl methyl sites for hydroxylation is 1. The Hall–Kier alpha value is -2.67. The zero-order valence-corrected chi connectivity index (χ0v) is 15.5. The predicted molar refractivity (Wildman–Crippen MR) is 100 cm³/mol. The predicted octanol–water partition coefficient (Wildman–Crippen LogP) is 2.45. The normalized spacial score (nSPS) is 19.8. The van der Waals surface area contributed by atoms with E-state index in [1.165, 1.54) is 23.8 Å². The van der Waals surface area contributed by atoms with Gasteiger partial charge in [-0.2, -0.15) is 0 Å². The van der Waals surface area contributed by atoms with Crippen molar-refractivity contribution >= 4 is 28.1 Å². The van der Waals surface area contributed by atoms with Gasteiger partial charge in [-0.15, -0.1) is 11.3 Å². The minimum Gasteiger partial charge on any atom is -0.351 e. The molecule has 1 saturated heterocycles. The van der Waals surface area contributed by atoms with Crippen LogP contribution in [0.4, 0.5) is 0 Å². The van der Waals surface area contributed by atoms with Gasteiger partial charge in [-0.05, 0) is 12.5 Å². The van der Waals surface area contributed by atoms with Crippen molar-refractivity contribution in [3.05, 3.63) is 58.9 Å². The molecule has 1 fully saturated rings. The largest absolute Gasteiger partial charge is 0.351 e. The first-order valence-electron chi connectivity index (χ1n) is 8.56. The summed E-state index contributed by atoms with van der Waals surface area (Å²) in [4.78, 5) is 31.6. The Kier molecular flexibility index (Phi) is 4.24. The summed E-state index contributed by atoms with van der Waals surface area (Å²) < 4.78 is 1.86. The molecule has 3 heterocycles. The molecule has 1 aliphatic rings. The standard InChI is InChI=1S/C19H20N4O2S/c1-12-3-5-14(6-4-12)15-9-23(10-16(15)20-13(2)24)18(25)17-11-22-7-8-26-19(22)21-17/h3-8,11,15-16H,9-10H2,1-2H3,(H,20,24)/t15-,16+/m0/s1. The van der Waals surface area contributed by atoms with E-state index in [-0.39, 0.29) is 23.8 Å². The van der Waals surface area contributed by atoms with Crippen molar-refractivity contribution in [2.75, 3.05) is 13.1 Å². The van der Waals surface area contributed by atoms with Crippen molar-refractivity contribution in [3.8, 4) is 0 Å². The number of likely N-dealkylation sites (tertiary alicyclic amines) is 1. The molecule has 1 aliphatic heterocycles. The van der Waals surface area contributed by atoms with E-state index in [9.17, 15) is 9.59 Å². The molecule has 0 spiro atoms. The molecular weight excluding hydrogens is 348 g/mol. The number of nitrogens with one attached hydrogen (secondary N) is 1. The lowest BCUT2D eigenvalue weighted by Crippen LogP contribution is -2.39. The first kappa shape index (κ1) is 16.8. The van der Waals surface area contributed by atoms with E-state index in [0.29, 0.717) is 18.8 Å². The Labute approximate surface area is 155 Å². The topological polar surface area (TPSA) is 66.7 Å². The summed E-state index contributed by atoms with van der Waals surface area (Å²) in [7, 11) is 0. The number of carbonyl (C=O) groups excluding carboxylic acids is 2. The summed E-state index contributed by atoms with van der Waals surface area (Å²) in [6.07, 6.45) is 3.66.